The fourth-order valence-electron chi connectivity index (χ4n) is 2.66. The average Bonchev–Trinajstić information content (AvgIpc) is 2.51. The van der Waals surface area contributed by atoms with Gasteiger partial charge in [0.05, 0.1) is 11.6 Å². The van der Waals surface area contributed by atoms with Crippen LogP contribution in [0, 0.1) is 0 Å². The molecule has 1 atom stereocenters. The van der Waals surface area contributed by atoms with Gasteiger partial charge in [-0.2, -0.15) is 0 Å². The highest BCUT2D eigenvalue weighted by Crippen LogP contribution is 2.12. The molecular formula is C17H24N4O2. The van der Waals surface area contributed by atoms with Crippen LogP contribution in [0.4, 0.5) is 10.5 Å². The zero-order chi connectivity index (χ0) is 16.8. The SMILES string of the molecule is CC1=C(C(=O)NCCCN(C)c2ccccc2)[C@H](C)NC(=O)N1. The molecule has 1 aliphatic rings. The topological polar surface area (TPSA) is 73.5 Å². The largest absolute Gasteiger partial charge is 0.375 e. The minimum Gasteiger partial charge on any atom is -0.375 e. The number of amides is 3. The minimum absolute atomic E-state index is 0.134. The fraction of sp³-hybridized carbons (Fsp3) is 0.412. The fourth-order valence-corrected chi connectivity index (χ4v) is 2.66. The molecule has 6 nitrogen and oxygen atoms in total. The standard InChI is InChI=1S/C17H24N4O2/c1-12-15(13(2)20-17(23)19-12)16(22)18-10-7-11-21(3)14-8-5-4-6-9-14/h4-6,8-9,12H,7,10-11H2,1-3H3,(H,18,22)(H2,19,20,23)/t12-/m0/s1. The summed E-state index contributed by atoms with van der Waals surface area (Å²) in [6.07, 6.45) is 0.845. The molecule has 0 saturated heterocycles. The number of hydrogen-bond donors (Lipinski definition) is 3. The molecule has 3 N–H and O–H groups in total. The van der Waals surface area contributed by atoms with E-state index in [0.29, 0.717) is 17.8 Å². The number of para-hydroxylation sites is 1. The molecule has 1 aromatic carbocycles. The van der Waals surface area contributed by atoms with Crippen LogP contribution in [0.5, 0.6) is 0 Å². The number of benzene rings is 1. The lowest BCUT2D eigenvalue weighted by atomic mass is 10.0. The first kappa shape index (κ1) is 16.9. The van der Waals surface area contributed by atoms with Crippen molar-refractivity contribution in [2.45, 2.75) is 26.3 Å². The van der Waals surface area contributed by atoms with Crippen LogP contribution >= 0.6 is 0 Å². The van der Waals surface area contributed by atoms with E-state index in [1.807, 2.05) is 25.2 Å². The van der Waals surface area contributed by atoms with E-state index in [1.165, 1.54) is 0 Å². The Kier molecular flexibility index (Phi) is 5.62. The van der Waals surface area contributed by atoms with E-state index in [2.05, 4.69) is 33.0 Å². The molecule has 124 valence electrons. The lowest BCUT2D eigenvalue weighted by Gasteiger charge is -2.25. The minimum atomic E-state index is -0.282. The van der Waals surface area contributed by atoms with Crippen molar-refractivity contribution in [3.05, 3.63) is 41.6 Å². The van der Waals surface area contributed by atoms with Crippen molar-refractivity contribution in [1.82, 2.24) is 16.0 Å². The third kappa shape index (κ3) is 4.48. The van der Waals surface area contributed by atoms with E-state index in [4.69, 9.17) is 0 Å². The van der Waals surface area contributed by atoms with Crippen molar-refractivity contribution >= 4 is 17.6 Å². The van der Waals surface area contributed by atoms with Crippen molar-refractivity contribution in [3.8, 4) is 0 Å². The summed E-state index contributed by atoms with van der Waals surface area (Å²) < 4.78 is 0. The summed E-state index contributed by atoms with van der Waals surface area (Å²) in [6, 6.07) is 9.58. The van der Waals surface area contributed by atoms with Crippen LogP contribution < -0.4 is 20.9 Å². The van der Waals surface area contributed by atoms with Gasteiger partial charge >= 0.3 is 6.03 Å². The molecule has 0 aromatic heterocycles. The molecule has 0 bridgehead atoms. The molecule has 0 fully saturated rings. The predicted molar refractivity (Wildman–Crippen MR) is 91.2 cm³/mol. The number of rotatable bonds is 6. The van der Waals surface area contributed by atoms with Gasteiger partial charge in [0.25, 0.3) is 5.91 Å². The summed E-state index contributed by atoms with van der Waals surface area (Å²) >= 11 is 0. The second-order valence-electron chi connectivity index (χ2n) is 5.73. The van der Waals surface area contributed by atoms with Crippen LogP contribution in [0.15, 0.2) is 41.6 Å². The first-order valence-corrected chi connectivity index (χ1v) is 7.81. The normalized spacial score (nSPS) is 17.3. The highest BCUT2D eigenvalue weighted by atomic mass is 16.2. The molecule has 23 heavy (non-hydrogen) atoms. The summed E-state index contributed by atoms with van der Waals surface area (Å²) in [5.74, 6) is -0.134. The van der Waals surface area contributed by atoms with Crippen LogP contribution in [-0.2, 0) is 4.79 Å². The lowest BCUT2D eigenvalue weighted by Crippen LogP contribution is -2.50. The molecule has 0 saturated carbocycles. The lowest BCUT2D eigenvalue weighted by molar-refractivity contribution is -0.117. The van der Waals surface area contributed by atoms with E-state index in [1.54, 1.807) is 13.8 Å². The summed E-state index contributed by atoms with van der Waals surface area (Å²) in [5.41, 5.74) is 2.35. The molecular weight excluding hydrogens is 292 g/mol. The Morgan fingerprint density at radius 1 is 1.30 bits per heavy atom. The number of carbonyl (C=O) groups is 2. The van der Waals surface area contributed by atoms with Gasteiger partial charge in [-0.1, -0.05) is 18.2 Å². The molecule has 0 spiro atoms. The predicted octanol–water partition coefficient (Wildman–Crippen LogP) is 1.60. The first-order chi connectivity index (χ1) is 11.0. The summed E-state index contributed by atoms with van der Waals surface area (Å²) in [7, 11) is 2.03. The Balaban J connectivity index is 1.79. The maximum atomic E-state index is 12.3. The zero-order valence-electron chi connectivity index (χ0n) is 13.8. The first-order valence-electron chi connectivity index (χ1n) is 7.81. The van der Waals surface area contributed by atoms with Crippen molar-refractivity contribution < 1.29 is 9.59 Å². The Bertz CT molecular complexity index is 598. The maximum Gasteiger partial charge on any atom is 0.319 e. The quantitative estimate of drug-likeness (QED) is 0.698. The van der Waals surface area contributed by atoms with Gasteiger partial charge in [-0.3, -0.25) is 4.79 Å². The van der Waals surface area contributed by atoms with Gasteiger partial charge in [0.15, 0.2) is 0 Å². The molecule has 3 amide bonds. The molecule has 0 radical (unpaired) electrons. The second-order valence-corrected chi connectivity index (χ2v) is 5.73. The summed E-state index contributed by atoms with van der Waals surface area (Å²) in [5, 5.41) is 8.25. The van der Waals surface area contributed by atoms with Crippen LogP contribution in [-0.4, -0.2) is 38.1 Å². The highest BCUT2D eigenvalue weighted by molar-refractivity contribution is 5.98. The van der Waals surface area contributed by atoms with E-state index in [9.17, 15) is 9.59 Å². The number of allylic oxidation sites excluding steroid dienone is 1. The summed E-state index contributed by atoms with van der Waals surface area (Å²) in [4.78, 5) is 25.7. The molecule has 1 heterocycles. The third-order valence-corrected chi connectivity index (χ3v) is 3.88. The van der Waals surface area contributed by atoms with Crippen LogP contribution in [0.25, 0.3) is 0 Å². The average molecular weight is 316 g/mol. The second kappa shape index (κ2) is 7.67. The number of nitrogens with one attached hydrogen (secondary N) is 3. The third-order valence-electron chi connectivity index (χ3n) is 3.88. The van der Waals surface area contributed by atoms with Gasteiger partial charge in [-0.05, 0) is 32.4 Å². The van der Waals surface area contributed by atoms with Crippen molar-refractivity contribution in [3.63, 3.8) is 0 Å². The monoisotopic (exact) mass is 316 g/mol. The zero-order valence-corrected chi connectivity index (χ0v) is 13.8. The Hall–Kier alpha value is -2.50. The number of nitrogens with zero attached hydrogens (tertiary/aromatic N) is 1. The van der Waals surface area contributed by atoms with Gasteiger partial charge in [0.2, 0.25) is 0 Å². The Morgan fingerprint density at radius 3 is 2.65 bits per heavy atom. The van der Waals surface area contributed by atoms with Crippen LogP contribution in [0.1, 0.15) is 20.3 Å². The number of urea groups is 1. The van der Waals surface area contributed by atoms with Crippen LogP contribution in [0.2, 0.25) is 0 Å². The summed E-state index contributed by atoms with van der Waals surface area (Å²) in [6.45, 7) is 4.99. The number of hydrogen-bond acceptors (Lipinski definition) is 3. The molecule has 0 aliphatic carbocycles. The van der Waals surface area contributed by atoms with Crippen molar-refractivity contribution in [2.24, 2.45) is 0 Å². The van der Waals surface area contributed by atoms with Crippen LogP contribution in [0.3, 0.4) is 0 Å². The van der Waals surface area contributed by atoms with Crippen molar-refractivity contribution in [1.29, 1.82) is 0 Å². The molecule has 0 unspecified atom stereocenters. The molecule has 6 heteroatoms. The van der Waals surface area contributed by atoms with Gasteiger partial charge < -0.3 is 20.9 Å². The Morgan fingerprint density at radius 2 is 2.00 bits per heavy atom. The Labute approximate surface area is 136 Å². The van der Waals surface area contributed by atoms with Gasteiger partial charge in [-0.25, -0.2) is 4.79 Å². The number of anilines is 1. The molecule has 2 rings (SSSR count). The van der Waals surface area contributed by atoms with Gasteiger partial charge in [0, 0.05) is 31.5 Å². The molecule has 1 aliphatic heterocycles. The van der Waals surface area contributed by atoms with Crippen molar-refractivity contribution in [2.75, 3.05) is 25.0 Å². The maximum absolute atomic E-state index is 12.3. The van der Waals surface area contributed by atoms with E-state index in [0.717, 1.165) is 18.7 Å². The number of carbonyl (C=O) groups excluding carboxylic acids is 2. The highest BCUT2D eigenvalue weighted by Gasteiger charge is 2.26. The van der Waals surface area contributed by atoms with Gasteiger partial charge in [0.1, 0.15) is 0 Å². The smallest absolute Gasteiger partial charge is 0.319 e. The van der Waals surface area contributed by atoms with Gasteiger partial charge in [-0.15, -0.1) is 0 Å². The van der Waals surface area contributed by atoms with E-state index < -0.39 is 0 Å². The van der Waals surface area contributed by atoms with E-state index >= 15 is 0 Å². The molecule has 1 aromatic rings. The van der Waals surface area contributed by atoms with E-state index in [-0.39, 0.29) is 18.0 Å².